The molecule has 0 heterocycles. The number of rotatable bonds is 5. The highest BCUT2D eigenvalue weighted by molar-refractivity contribution is 8.72. The van der Waals surface area contributed by atoms with Crippen molar-refractivity contribution in [3.05, 3.63) is 0 Å². The Labute approximate surface area is 75.7 Å². The van der Waals surface area contributed by atoms with Crippen molar-refractivity contribution in [2.45, 2.75) is 25.5 Å². The Morgan fingerprint density at radius 2 is 2.00 bits per heavy atom. The summed E-state index contributed by atoms with van der Waals surface area (Å²) in [6, 6.07) is 0. The van der Waals surface area contributed by atoms with Crippen molar-refractivity contribution < 1.29 is 18.3 Å². The first-order chi connectivity index (χ1) is 5.43. The lowest BCUT2D eigenvalue weighted by atomic mass is 10.3. The van der Waals surface area contributed by atoms with E-state index < -0.39 is 20.1 Å². The zero-order valence-electron chi connectivity index (χ0n) is 6.98. The highest BCUT2D eigenvalue weighted by Gasteiger charge is 2.22. The first-order valence-corrected chi connectivity index (χ1v) is 6.61. The van der Waals surface area contributed by atoms with Crippen LogP contribution in [0.15, 0.2) is 0 Å². The summed E-state index contributed by atoms with van der Waals surface area (Å²) in [6.07, 6.45) is 0.319. The number of carboxylic acids is 1. The number of hydrogen-bond acceptors (Lipinski definition) is 4. The van der Waals surface area contributed by atoms with Crippen LogP contribution in [0, 0.1) is 0 Å². The molecule has 0 spiro atoms. The Morgan fingerprint density at radius 3 is 2.25 bits per heavy atom. The molecule has 0 fully saturated rings. The Kier molecular flexibility index (Phi) is 4.62. The van der Waals surface area contributed by atoms with E-state index in [1.165, 1.54) is 6.92 Å². The fraction of sp³-hybridized carbons (Fsp3) is 0.833. The van der Waals surface area contributed by atoms with E-state index in [-0.39, 0.29) is 5.75 Å². The molecule has 1 unspecified atom stereocenters. The van der Waals surface area contributed by atoms with Crippen molar-refractivity contribution in [2.75, 3.05) is 5.75 Å². The summed E-state index contributed by atoms with van der Waals surface area (Å²) in [7, 11) is -2.71. The van der Waals surface area contributed by atoms with E-state index in [2.05, 4.69) is 0 Å². The first kappa shape index (κ1) is 11.8. The van der Waals surface area contributed by atoms with Crippen molar-refractivity contribution in [3.8, 4) is 0 Å². The van der Waals surface area contributed by atoms with Gasteiger partial charge < -0.3 is 5.11 Å². The molecule has 1 atom stereocenters. The second-order valence-electron chi connectivity index (χ2n) is 2.18. The zero-order chi connectivity index (χ0) is 9.78. The highest BCUT2D eigenvalue weighted by atomic mass is 33.1. The number of hydrogen-bond donors (Lipinski definition) is 1. The summed E-state index contributed by atoms with van der Waals surface area (Å²) in [5.74, 6) is -1.10. The third-order valence-corrected chi connectivity index (χ3v) is 5.31. The molecule has 12 heavy (non-hydrogen) atoms. The maximum absolute atomic E-state index is 11.0. The van der Waals surface area contributed by atoms with Gasteiger partial charge >= 0.3 is 5.97 Å². The third-order valence-electron chi connectivity index (χ3n) is 1.26. The van der Waals surface area contributed by atoms with Crippen LogP contribution in [-0.4, -0.2) is 30.5 Å². The Morgan fingerprint density at radius 1 is 1.50 bits per heavy atom. The van der Waals surface area contributed by atoms with Gasteiger partial charge in [0, 0.05) is 0 Å². The third kappa shape index (κ3) is 3.96. The van der Waals surface area contributed by atoms with Crippen LogP contribution in [-0.2, 0) is 13.7 Å². The van der Waals surface area contributed by atoms with Crippen molar-refractivity contribution in [2.24, 2.45) is 0 Å². The normalized spacial score (nSPS) is 14.2. The van der Waals surface area contributed by atoms with Crippen LogP contribution in [0.25, 0.3) is 0 Å². The minimum atomic E-state index is -3.24. The van der Waals surface area contributed by atoms with Crippen LogP contribution in [0.3, 0.4) is 0 Å². The van der Waals surface area contributed by atoms with Crippen molar-refractivity contribution in [1.82, 2.24) is 0 Å². The fourth-order valence-corrected chi connectivity index (χ4v) is 3.36. The molecule has 0 amide bonds. The predicted molar refractivity (Wildman–Crippen MR) is 48.8 cm³/mol. The summed E-state index contributed by atoms with van der Waals surface area (Å²) < 4.78 is 21.9. The van der Waals surface area contributed by atoms with Gasteiger partial charge in [-0.3, -0.25) is 4.79 Å². The molecule has 4 nitrogen and oxygen atoms in total. The van der Waals surface area contributed by atoms with Gasteiger partial charge in [0.2, 0.25) is 8.87 Å². The number of carbonyl (C=O) groups is 1. The van der Waals surface area contributed by atoms with E-state index in [1.807, 2.05) is 0 Å². The summed E-state index contributed by atoms with van der Waals surface area (Å²) in [5, 5.41) is 7.71. The van der Waals surface area contributed by atoms with Crippen LogP contribution in [0.1, 0.15) is 20.3 Å². The Bertz CT molecular complexity index is 244. The SMILES string of the molecule is CCC(SS(=O)(=O)CC)C(=O)O. The molecule has 0 rings (SSSR count). The predicted octanol–water partition coefficient (Wildman–Crippen LogP) is 0.933. The van der Waals surface area contributed by atoms with Gasteiger partial charge in [-0.1, -0.05) is 13.8 Å². The minimum Gasteiger partial charge on any atom is -0.480 e. The maximum atomic E-state index is 11.0. The van der Waals surface area contributed by atoms with Gasteiger partial charge in [0.05, 0.1) is 5.75 Å². The van der Waals surface area contributed by atoms with Gasteiger partial charge in [0.25, 0.3) is 0 Å². The van der Waals surface area contributed by atoms with E-state index in [4.69, 9.17) is 5.11 Å². The molecule has 0 aliphatic heterocycles. The number of aliphatic carboxylic acids is 1. The van der Waals surface area contributed by atoms with Crippen LogP contribution in [0.4, 0.5) is 0 Å². The van der Waals surface area contributed by atoms with E-state index in [9.17, 15) is 13.2 Å². The molecule has 0 radical (unpaired) electrons. The number of carboxylic acid groups (broad SMARTS) is 1. The van der Waals surface area contributed by atoms with Crippen LogP contribution in [0.5, 0.6) is 0 Å². The molecule has 1 N–H and O–H groups in total. The second-order valence-corrected chi connectivity index (χ2v) is 6.73. The molecule has 6 heteroatoms. The van der Waals surface area contributed by atoms with Crippen LogP contribution >= 0.6 is 10.8 Å². The van der Waals surface area contributed by atoms with Gasteiger partial charge in [0.15, 0.2) is 0 Å². The largest absolute Gasteiger partial charge is 0.480 e. The quantitative estimate of drug-likeness (QED) is 0.686. The Balaban J connectivity index is 4.32. The zero-order valence-corrected chi connectivity index (χ0v) is 8.61. The summed E-state index contributed by atoms with van der Waals surface area (Å²) in [6.45, 7) is 3.15. The standard InChI is InChI=1S/C6H12O4S2/c1-3-5(6(7)8)11-12(9,10)4-2/h5H,3-4H2,1-2H3,(H,7,8). The molecule has 0 aromatic heterocycles. The van der Waals surface area contributed by atoms with Gasteiger partial charge in [-0.2, -0.15) is 0 Å². The van der Waals surface area contributed by atoms with E-state index >= 15 is 0 Å². The minimum absolute atomic E-state index is 0.0263. The molecular formula is C6H12O4S2. The van der Waals surface area contributed by atoms with E-state index in [1.54, 1.807) is 6.92 Å². The molecule has 0 aromatic rings. The molecule has 0 bridgehead atoms. The van der Waals surface area contributed by atoms with Gasteiger partial charge in [0.1, 0.15) is 5.25 Å². The Hall–Kier alpha value is -0.230. The monoisotopic (exact) mass is 212 g/mol. The first-order valence-electron chi connectivity index (χ1n) is 3.56. The van der Waals surface area contributed by atoms with Crippen molar-refractivity contribution in [1.29, 1.82) is 0 Å². The molecule has 0 saturated heterocycles. The summed E-state index contributed by atoms with van der Waals surface area (Å²) >= 11 is 0. The van der Waals surface area contributed by atoms with Crippen LogP contribution in [0.2, 0.25) is 0 Å². The average molecular weight is 212 g/mol. The molecular weight excluding hydrogens is 200 g/mol. The average Bonchev–Trinajstić information content (AvgIpc) is 2.00. The van der Waals surface area contributed by atoms with Crippen LogP contribution < -0.4 is 0 Å². The highest BCUT2D eigenvalue weighted by Crippen LogP contribution is 2.22. The fourth-order valence-electron chi connectivity index (χ4n) is 0.529. The van der Waals surface area contributed by atoms with Gasteiger partial charge in [-0.05, 0) is 17.2 Å². The lowest BCUT2D eigenvalue weighted by molar-refractivity contribution is -0.136. The molecule has 0 aliphatic carbocycles. The van der Waals surface area contributed by atoms with E-state index in [0.717, 1.165) is 0 Å². The maximum Gasteiger partial charge on any atom is 0.317 e. The van der Waals surface area contributed by atoms with E-state index in [0.29, 0.717) is 17.2 Å². The van der Waals surface area contributed by atoms with Crippen molar-refractivity contribution in [3.63, 3.8) is 0 Å². The topological polar surface area (TPSA) is 71.4 Å². The lowest BCUT2D eigenvalue weighted by Crippen LogP contribution is -2.18. The second kappa shape index (κ2) is 4.71. The lowest BCUT2D eigenvalue weighted by Gasteiger charge is -2.07. The summed E-state index contributed by atoms with van der Waals surface area (Å²) in [5.41, 5.74) is 0. The van der Waals surface area contributed by atoms with Crippen molar-refractivity contribution >= 4 is 25.6 Å². The molecule has 0 aromatic carbocycles. The molecule has 0 aliphatic rings. The van der Waals surface area contributed by atoms with Gasteiger partial charge in [-0.25, -0.2) is 8.42 Å². The summed E-state index contributed by atoms with van der Waals surface area (Å²) in [4.78, 5) is 10.4. The molecule has 72 valence electrons. The molecule has 0 saturated carbocycles. The smallest absolute Gasteiger partial charge is 0.317 e. The van der Waals surface area contributed by atoms with Gasteiger partial charge in [-0.15, -0.1) is 0 Å².